The van der Waals surface area contributed by atoms with E-state index in [0.29, 0.717) is 27.8 Å². The van der Waals surface area contributed by atoms with Gasteiger partial charge in [0.05, 0.1) is 17.6 Å². The summed E-state index contributed by atoms with van der Waals surface area (Å²) in [6, 6.07) is 9.16. The topological polar surface area (TPSA) is 113 Å². The number of thioether (sulfide) groups is 1. The molecule has 0 aliphatic carbocycles. The van der Waals surface area contributed by atoms with Crippen molar-refractivity contribution in [1.82, 2.24) is 9.47 Å². The van der Waals surface area contributed by atoms with Crippen molar-refractivity contribution in [3.8, 4) is 17.7 Å². The Morgan fingerprint density at radius 3 is 2.53 bits per heavy atom. The van der Waals surface area contributed by atoms with Crippen molar-refractivity contribution in [3.05, 3.63) is 61.8 Å². The maximum atomic E-state index is 13.0. The Morgan fingerprint density at radius 1 is 1.22 bits per heavy atom. The number of pyridine rings is 1. The van der Waals surface area contributed by atoms with Crippen LogP contribution in [0.15, 0.2) is 34.0 Å². The first kappa shape index (κ1) is 27.2. The van der Waals surface area contributed by atoms with Gasteiger partial charge in [0.25, 0.3) is 11.5 Å². The lowest BCUT2D eigenvalue weighted by molar-refractivity contribution is -0.122. The van der Waals surface area contributed by atoms with Crippen molar-refractivity contribution in [2.75, 3.05) is 13.7 Å². The molecule has 0 bridgehead atoms. The van der Waals surface area contributed by atoms with Crippen LogP contribution in [0.3, 0.4) is 0 Å². The molecule has 2 heterocycles. The molecular weight excluding hydrogens is 498 g/mol. The lowest BCUT2D eigenvalue weighted by Crippen LogP contribution is -2.29. The van der Waals surface area contributed by atoms with Crippen LogP contribution in [0, 0.1) is 18.3 Å². The summed E-state index contributed by atoms with van der Waals surface area (Å²) < 4.78 is 6.65. The van der Waals surface area contributed by atoms with Crippen LogP contribution in [0.1, 0.15) is 59.7 Å². The van der Waals surface area contributed by atoms with Gasteiger partial charge in [0.15, 0.2) is 5.78 Å². The van der Waals surface area contributed by atoms with Gasteiger partial charge in [-0.2, -0.15) is 5.26 Å². The molecule has 0 spiro atoms. The molecule has 8 nitrogen and oxygen atoms in total. The van der Waals surface area contributed by atoms with Crippen molar-refractivity contribution in [2.45, 2.75) is 46.1 Å². The van der Waals surface area contributed by atoms with Gasteiger partial charge < -0.3 is 9.84 Å². The number of nitriles is 1. The summed E-state index contributed by atoms with van der Waals surface area (Å²) in [6.45, 7) is 3.88. The number of carbonyl (C=O) groups is 2. The first-order valence-electron chi connectivity index (χ1n) is 11.5. The third-order valence-corrected chi connectivity index (χ3v) is 7.26. The molecule has 3 rings (SSSR count). The summed E-state index contributed by atoms with van der Waals surface area (Å²) in [5, 5.41) is 20.2. The first-order valence-corrected chi connectivity index (χ1v) is 12.7. The van der Waals surface area contributed by atoms with E-state index in [0.717, 1.165) is 16.6 Å². The Labute approximate surface area is 219 Å². The number of amides is 1. The number of ketones is 1. The van der Waals surface area contributed by atoms with Crippen LogP contribution in [0.4, 0.5) is 0 Å². The third kappa shape index (κ3) is 5.69. The number of thiocarbonyl (C=S) groups is 1. The van der Waals surface area contributed by atoms with E-state index >= 15 is 0 Å². The second kappa shape index (κ2) is 12.0. The molecule has 1 aromatic heterocycles. The molecule has 0 saturated carbocycles. The molecular formula is C26H27N3O5S2. The number of aromatic hydroxyl groups is 1. The number of Topliss-reactive ketones (excluding diaryl/α,β-unsaturated/α-hetero) is 1. The lowest BCUT2D eigenvalue weighted by atomic mass is 9.99. The number of aromatic nitrogens is 1. The molecule has 1 aromatic carbocycles. The molecule has 0 unspecified atom stereocenters. The highest BCUT2D eigenvalue weighted by Gasteiger charge is 2.32. The minimum Gasteiger partial charge on any atom is -0.497 e. The smallest absolute Gasteiger partial charge is 0.271 e. The zero-order valence-corrected chi connectivity index (χ0v) is 22.0. The van der Waals surface area contributed by atoms with E-state index in [1.807, 2.05) is 25.1 Å². The lowest BCUT2D eigenvalue weighted by Gasteiger charge is -2.16. The van der Waals surface area contributed by atoms with E-state index in [4.69, 9.17) is 17.0 Å². The average Bonchev–Trinajstić information content (AvgIpc) is 3.12. The second-order valence-corrected chi connectivity index (χ2v) is 9.93. The zero-order chi connectivity index (χ0) is 26.4. The van der Waals surface area contributed by atoms with E-state index in [1.165, 1.54) is 23.6 Å². The molecule has 1 aliphatic rings. The number of hydrogen-bond acceptors (Lipinski definition) is 8. The normalized spacial score (nSPS) is 14.4. The quantitative estimate of drug-likeness (QED) is 0.276. The maximum absolute atomic E-state index is 13.0. The first-order chi connectivity index (χ1) is 17.2. The van der Waals surface area contributed by atoms with E-state index in [1.54, 1.807) is 25.3 Å². The molecule has 0 atom stereocenters. The Hall–Kier alpha value is -3.42. The Morgan fingerprint density at radius 2 is 1.92 bits per heavy atom. The van der Waals surface area contributed by atoms with Crippen LogP contribution in [0.25, 0.3) is 6.08 Å². The molecule has 10 heteroatoms. The predicted molar refractivity (Wildman–Crippen MR) is 143 cm³/mol. The largest absolute Gasteiger partial charge is 0.497 e. The standard InChI is InChI=1S/C26H27N3O5S2/c1-4-5-12-28-23(31)19(15-27)16(2)22(25(28)33)20(30)7-6-13-29-24(32)21(36-26(29)35)14-17-8-10-18(34-3)11-9-17/h8-11,14,33H,4-7,12-13H2,1-3H3/b21-14-. The van der Waals surface area contributed by atoms with Crippen LogP contribution in [-0.2, 0) is 11.3 Å². The minimum absolute atomic E-state index is 0.0137. The number of carbonyl (C=O) groups excluding carboxylic acids is 2. The fourth-order valence-corrected chi connectivity index (χ4v) is 5.18. The monoisotopic (exact) mass is 525 g/mol. The number of ether oxygens (including phenoxy) is 1. The molecule has 1 fully saturated rings. The minimum atomic E-state index is -0.598. The summed E-state index contributed by atoms with van der Waals surface area (Å²) >= 11 is 6.58. The van der Waals surface area contributed by atoms with E-state index in [2.05, 4.69) is 0 Å². The summed E-state index contributed by atoms with van der Waals surface area (Å²) in [4.78, 5) is 40.4. The predicted octanol–water partition coefficient (Wildman–Crippen LogP) is 4.41. The molecule has 1 aliphatic heterocycles. The molecule has 1 amide bonds. The molecule has 36 heavy (non-hydrogen) atoms. The van der Waals surface area contributed by atoms with Gasteiger partial charge in [-0.15, -0.1) is 0 Å². The van der Waals surface area contributed by atoms with E-state index < -0.39 is 17.2 Å². The van der Waals surface area contributed by atoms with Crippen LogP contribution < -0.4 is 10.3 Å². The number of nitrogens with zero attached hydrogens (tertiary/aromatic N) is 3. The molecule has 1 saturated heterocycles. The highest BCUT2D eigenvalue weighted by Crippen LogP contribution is 2.33. The van der Waals surface area contributed by atoms with Crippen LogP contribution in [0.5, 0.6) is 11.6 Å². The Bertz CT molecular complexity index is 1320. The Kier molecular flexibility index (Phi) is 9.07. The SMILES string of the molecule is CCCCn1c(O)c(C(=O)CCCN2C(=O)/C(=C/c3ccc(OC)cc3)SC2=S)c(C)c(C#N)c1=O. The molecule has 0 radical (unpaired) electrons. The van der Waals surface area contributed by atoms with Crippen LogP contribution in [0.2, 0.25) is 0 Å². The van der Waals surface area contributed by atoms with Crippen molar-refractivity contribution in [1.29, 1.82) is 5.26 Å². The maximum Gasteiger partial charge on any atom is 0.271 e. The summed E-state index contributed by atoms with van der Waals surface area (Å²) in [5.41, 5.74) is 0.244. The number of benzene rings is 1. The van der Waals surface area contributed by atoms with Gasteiger partial charge in [-0.05, 0) is 49.1 Å². The van der Waals surface area contributed by atoms with Crippen LogP contribution >= 0.6 is 24.0 Å². The van der Waals surface area contributed by atoms with Gasteiger partial charge in [0, 0.05) is 19.5 Å². The van der Waals surface area contributed by atoms with Gasteiger partial charge in [0.1, 0.15) is 21.7 Å². The van der Waals surface area contributed by atoms with Crippen molar-refractivity contribution in [3.63, 3.8) is 0 Å². The zero-order valence-electron chi connectivity index (χ0n) is 20.4. The molecule has 1 N–H and O–H groups in total. The highest BCUT2D eigenvalue weighted by atomic mass is 32.2. The van der Waals surface area contributed by atoms with Gasteiger partial charge >= 0.3 is 0 Å². The van der Waals surface area contributed by atoms with Crippen LogP contribution in [-0.4, -0.2) is 44.2 Å². The molecule has 2 aromatic rings. The van der Waals surface area contributed by atoms with Crippen molar-refractivity contribution >= 4 is 46.1 Å². The molecule has 188 valence electrons. The van der Waals surface area contributed by atoms with Crippen molar-refractivity contribution in [2.24, 2.45) is 0 Å². The summed E-state index contributed by atoms with van der Waals surface area (Å²) in [5.74, 6) is -0.325. The third-order valence-electron chi connectivity index (χ3n) is 5.89. The van der Waals surface area contributed by atoms with E-state index in [9.17, 15) is 24.8 Å². The number of methoxy groups -OCH3 is 1. The average molecular weight is 526 g/mol. The van der Waals surface area contributed by atoms with Crippen molar-refractivity contribution < 1.29 is 19.4 Å². The van der Waals surface area contributed by atoms with Gasteiger partial charge in [-0.3, -0.25) is 23.9 Å². The van der Waals surface area contributed by atoms with Gasteiger partial charge in [0.2, 0.25) is 5.88 Å². The second-order valence-electron chi connectivity index (χ2n) is 8.25. The number of unbranched alkanes of at least 4 members (excludes halogenated alkanes) is 1. The highest BCUT2D eigenvalue weighted by molar-refractivity contribution is 8.26. The number of hydrogen-bond donors (Lipinski definition) is 1. The number of rotatable bonds is 10. The summed E-state index contributed by atoms with van der Waals surface area (Å²) in [6.07, 6.45) is 3.47. The fourth-order valence-electron chi connectivity index (χ4n) is 3.88. The van der Waals surface area contributed by atoms with Gasteiger partial charge in [-0.25, -0.2) is 0 Å². The Balaban J connectivity index is 1.72. The van der Waals surface area contributed by atoms with E-state index in [-0.39, 0.29) is 42.1 Å². The fraction of sp³-hybridized carbons (Fsp3) is 0.346. The van der Waals surface area contributed by atoms with Gasteiger partial charge in [-0.1, -0.05) is 49.5 Å². The summed E-state index contributed by atoms with van der Waals surface area (Å²) in [7, 11) is 1.58.